The van der Waals surface area contributed by atoms with Gasteiger partial charge in [0.2, 0.25) is 11.8 Å². The molecular formula is C18H25N3O2. The molecule has 1 aromatic carbocycles. The lowest BCUT2D eigenvalue weighted by Gasteiger charge is -2.37. The highest BCUT2D eigenvalue weighted by Gasteiger charge is 2.30. The van der Waals surface area contributed by atoms with E-state index >= 15 is 0 Å². The quantitative estimate of drug-likeness (QED) is 0.917. The predicted molar refractivity (Wildman–Crippen MR) is 90.4 cm³/mol. The molecule has 124 valence electrons. The maximum Gasteiger partial charge on any atom is 0.244 e. The van der Waals surface area contributed by atoms with Crippen LogP contribution in [0.25, 0.3) is 0 Å². The number of nitrogens with one attached hydrogen (secondary N) is 1. The molecule has 1 fully saturated rings. The first-order valence-electron chi connectivity index (χ1n) is 8.45. The van der Waals surface area contributed by atoms with Crippen LogP contribution in [0.4, 0.5) is 5.69 Å². The number of anilines is 1. The van der Waals surface area contributed by atoms with Crippen LogP contribution in [0.15, 0.2) is 24.3 Å². The van der Waals surface area contributed by atoms with E-state index in [1.165, 1.54) is 11.3 Å². The summed E-state index contributed by atoms with van der Waals surface area (Å²) in [6, 6.07) is 8.54. The molecule has 3 rings (SSSR count). The Labute approximate surface area is 137 Å². The highest BCUT2D eigenvalue weighted by Crippen LogP contribution is 2.30. The first-order chi connectivity index (χ1) is 11.1. The Morgan fingerprint density at radius 2 is 2.09 bits per heavy atom. The summed E-state index contributed by atoms with van der Waals surface area (Å²) in [4.78, 5) is 28.1. The third kappa shape index (κ3) is 3.33. The average molecular weight is 315 g/mol. The number of likely N-dealkylation sites (tertiary alicyclic amines) is 1. The van der Waals surface area contributed by atoms with E-state index in [2.05, 4.69) is 41.4 Å². The summed E-state index contributed by atoms with van der Waals surface area (Å²) in [7, 11) is 1.78. The molecule has 0 spiro atoms. The van der Waals surface area contributed by atoms with Crippen LogP contribution >= 0.6 is 0 Å². The molecular weight excluding hydrogens is 290 g/mol. The van der Waals surface area contributed by atoms with Gasteiger partial charge in [-0.1, -0.05) is 18.2 Å². The molecule has 0 unspecified atom stereocenters. The zero-order chi connectivity index (χ0) is 16.4. The molecule has 5 nitrogen and oxygen atoms in total. The van der Waals surface area contributed by atoms with Gasteiger partial charge in [0.1, 0.15) is 6.04 Å². The molecule has 2 aliphatic heterocycles. The zero-order valence-corrected chi connectivity index (χ0v) is 13.9. The summed E-state index contributed by atoms with van der Waals surface area (Å²) in [5.74, 6) is -0.0102. The molecule has 5 heteroatoms. The molecule has 2 heterocycles. The van der Waals surface area contributed by atoms with Crippen LogP contribution in [0.3, 0.4) is 0 Å². The Morgan fingerprint density at radius 3 is 2.83 bits per heavy atom. The molecule has 0 aromatic heterocycles. The van der Waals surface area contributed by atoms with Crippen LogP contribution in [0.1, 0.15) is 31.7 Å². The molecule has 0 radical (unpaired) electrons. The second-order valence-corrected chi connectivity index (χ2v) is 6.63. The summed E-state index contributed by atoms with van der Waals surface area (Å²) >= 11 is 0. The molecule has 1 saturated heterocycles. The smallest absolute Gasteiger partial charge is 0.244 e. The van der Waals surface area contributed by atoms with E-state index in [1.807, 2.05) is 0 Å². The Kier molecular flexibility index (Phi) is 4.55. The van der Waals surface area contributed by atoms with E-state index in [0.717, 1.165) is 19.4 Å². The van der Waals surface area contributed by atoms with Crippen LogP contribution in [0.5, 0.6) is 0 Å². The lowest BCUT2D eigenvalue weighted by Crippen LogP contribution is -2.43. The van der Waals surface area contributed by atoms with Crippen molar-refractivity contribution in [2.45, 2.75) is 44.7 Å². The Hall–Kier alpha value is -2.04. The van der Waals surface area contributed by atoms with E-state index in [-0.39, 0.29) is 17.9 Å². The molecule has 1 aromatic rings. The van der Waals surface area contributed by atoms with Crippen LogP contribution in [0.2, 0.25) is 0 Å². The van der Waals surface area contributed by atoms with Crippen molar-refractivity contribution in [1.29, 1.82) is 0 Å². The maximum absolute atomic E-state index is 12.2. The van der Waals surface area contributed by atoms with E-state index < -0.39 is 0 Å². The molecule has 0 aliphatic carbocycles. The van der Waals surface area contributed by atoms with Gasteiger partial charge in [-0.2, -0.15) is 0 Å². The van der Waals surface area contributed by atoms with Gasteiger partial charge in [0.15, 0.2) is 0 Å². The number of nitrogens with zero attached hydrogens (tertiary/aromatic N) is 2. The molecule has 23 heavy (non-hydrogen) atoms. The summed E-state index contributed by atoms with van der Waals surface area (Å²) < 4.78 is 0. The van der Waals surface area contributed by atoms with E-state index in [1.54, 1.807) is 11.9 Å². The van der Waals surface area contributed by atoms with Gasteiger partial charge in [0.25, 0.3) is 0 Å². The van der Waals surface area contributed by atoms with Crippen molar-refractivity contribution in [3.05, 3.63) is 29.8 Å². The number of carbonyl (C=O) groups is 2. The predicted octanol–water partition coefficient (Wildman–Crippen LogP) is 1.56. The van der Waals surface area contributed by atoms with Crippen molar-refractivity contribution in [2.24, 2.45) is 0 Å². The number of rotatable bonds is 4. The summed E-state index contributed by atoms with van der Waals surface area (Å²) in [6.45, 7) is 3.63. The molecule has 2 atom stereocenters. The summed E-state index contributed by atoms with van der Waals surface area (Å²) in [6.07, 6.45) is 3.35. The maximum atomic E-state index is 12.2. The van der Waals surface area contributed by atoms with E-state index in [4.69, 9.17) is 0 Å². The van der Waals surface area contributed by atoms with E-state index in [0.29, 0.717) is 25.4 Å². The van der Waals surface area contributed by atoms with Crippen molar-refractivity contribution < 1.29 is 9.59 Å². The van der Waals surface area contributed by atoms with Crippen molar-refractivity contribution in [1.82, 2.24) is 10.2 Å². The SMILES string of the molecule is C[C@H]1CCc2ccccc2N1CCC(=O)N[C@@H]1CCN(C)C1=O. The number of likely N-dealkylation sites (N-methyl/N-ethyl adjacent to an activating group) is 1. The normalized spacial score (nSPS) is 23.8. The molecule has 2 amide bonds. The topological polar surface area (TPSA) is 52.7 Å². The number of hydrogen-bond donors (Lipinski definition) is 1. The lowest BCUT2D eigenvalue weighted by molar-refractivity contribution is -0.131. The monoisotopic (exact) mass is 315 g/mol. The number of aryl methyl sites for hydroxylation is 1. The lowest BCUT2D eigenvalue weighted by atomic mass is 9.96. The number of hydrogen-bond acceptors (Lipinski definition) is 3. The Balaban J connectivity index is 1.58. The van der Waals surface area contributed by atoms with Gasteiger partial charge in [-0.25, -0.2) is 0 Å². The molecule has 2 aliphatic rings. The van der Waals surface area contributed by atoms with Crippen molar-refractivity contribution in [2.75, 3.05) is 25.0 Å². The van der Waals surface area contributed by atoms with Crippen LogP contribution in [-0.2, 0) is 16.0 Å². The van der Waals surface area contributed by atoms with Gasteiger partial charge in [-0.3, -0.25) is 9.59 Å². The minimum absolute atomic E-state index is 0.0232. The van der Waals surface area contributed by atoms with Gasteiger partial charge in [0, 0.05) is 38.3 Å². The number of fused-ring (bicyclic) bond motifs is 1. The minimum Gasteiger partial charge on any atom is -0.368 e. The number of carbonyl (C=O) groups excluding carboxylic acids is 2. The second kappa shape index (κ2) is 6.60. The second-order valence-electron chi connectivity index (χ2n) is 6.63. The number of benzene rings is 1. The van der Waals surface area contributed by atoms with Crippen LogP contribution < -0.4 is 10.2 Å². The first kappa shape index (κ1) is 15.8. The third-order valence-corrected chi connectivity index (χ3v) is 5.01. The fourth-order valence-electron chi connectivity index (χ4n) is 3.55. The first-order valence-corrected chi connectivity index (χ1v) is 8.45. The number of para-hydroxylation sites is 1. The van der Waals surface area contributed by atoms with Gasteiger partial charge in [0.05, 0.1) is 0 Å². The Morgan fingerprint density at radius 1 is 1.30 bits per heavy atom. The van der Waals surface area contributed by atoms with Crippen molar-refractivity contribution in [3.63, 3.8) is 0 Å². The number of amides is 2. The average Bonchev–Trinajstić information content (AvgIpc) is 2.86. The van der Waals surface area contributed by atoms with Crippen molar-refractivity contribution >= 4 is 17.5 Å². The fraction of sp³-hybridized carbons (Fsp3) is 0.556. The summed E-state index contributed by atoms with van der Waals surface area (Å²) in [5, 5.41) is 2.88. The standard InChI is InChI=1S/C18H25N3O2/c1-13-7-8-14-5-3-4-6-16(14)21(13)12-10-17(22)19-15-9-11-20(2)18(15)23/h3-6,13,15H,7-12H2,1-2H3,(H,19,22)/t13-,15+/m0/s1. The van der Waals surface area contributed by atoms with Gasteiger partial charge < -0.3 is 15.1 Å². The van der Waals surface area contributed by atoms with Gasteiger partial charge >= 0.3 is 0 Å². The van der Waals surface area contributed by atoms with E-state index in [9.17, 15) is 9.59 Å². The summed E-state index contributed by atoms with van der Waals surface area (Å²) in [5.41, 5.74) is 2.61. The minimum atomic E-state index is -0.335. The molecule has 1 N–H and O–H groups in total. The molecule has 0 saturated carbocycles. The zero-order valence-electron chi connectivity index (χ0n) is 13.9. The fourth-order valence-corrected chi connectivity index (χ4v) is 3.55. The van der Waals surface area contributed by atoms with Gasteiger partial charge in [-0.15, -0.1) is 0 Å². The third-order valence-electron chi connectivity index (χ3n) is 5.01. The molecule has 0 bridgehead atoms. The van der Waals surface area contributed by atoms with Crippen molar-refractivity contribution in [3.8, 4) is 0 Å². The Bertz CT molecular complexity index is 602. The highest BCUT2D eigenvalue weighted by atomic mass is 16.2. The largest absolute Gasteiger partial charge is 0.368 e. The van der Waals surface area contributed by atoms with Crippen LogP contribution in [-0.4, -0.2) is 48.9 Å². The van der Waals surface area contributed by atoms with Gasteiger partial charge in [-0.05, 0) is 37.8 Å². The highest BCUT2D eigenvalue weighted by molar-refractivity contribution is 5.89. The van der Waals surface area contributed by atoms with Crippen LogP contribution in [0, 0.1) is 0 Å².